The molecule has 1 aromatic rings. The van der Waals surface area contributed by atoms with Crippen molar-refractivity contribution in [2.75, 3.05) is 26.4 Å². The smallest absolute Gasteiger partial charge is 0.407 e. The van der Waals surface area contributed by atoms with Crippen LogP contribution in [0.4, 0.5) is 4.79 Å². The Balaban J connectivity index is 2.07. The summed E-state index contributed by atoms with van der Waals surface area (Å²) in [5, 5.41) is 3.00. The van der Waals surface area contributed by atoms with E-state index in [2.05, 4.69) is 21.2 Å². The van der Waals surface area contributed by atoms with Gasteiger partial charge in [-0.1, -0.05) is 27.5 Å². The maximum Gasteiger partial charge on any atom is 0.407 e. The van der Waals surface area contributed by atoms with Crippen molar-refractivity contribution in [3.05, 3.63) is 38.3 Å². The molecule has 0 aromatic heterocycles. The fourth-order valence-corrected chi connectivity index (χ4v) is 4.12. The molecule has 8 heteroatoms. The molecule has 1 saturated heterocycles. The van der Waals surface area contributed by atoms with E-state index in [0.29, 0.717) is 41.3 Å². The summed E-state index contributed by atoms with van der Waals surface area (Å²) in [5.41, 5.74) is 1.54. The summed E-state index contributed by atoms with van der Waals surface area (Å²) < 4.78 is 17.5. The standard InChI is InChI=1S/C19H21BrClNO5/c1-3-22-18(24)26-9-13-16(12-7-11(2)14(20)8-15(12)21)17(23)27-19(13)5-4-6-25-10-19/h7-8H,3-6,9-10H2,1-2H3,(H,22,24). The van der Waals surface area contributed by atoms with Crippen LogP contribution in [0.25, 0.3) is 5.57 Å². The first-order chi connectivity index (χ1) is 12.9. The third-order valence-electron chi connectivity index (χ3n) is 4.73. The zero-order valence-electron chi connectivity index (χ0n) is 15.2. The van der Waals surface area contributed by atoms with Gasteiger partial charge in [-0.05, 0) is 44.4 Å². The van der Waals surface area contributed by atoms with Gasteiger partial charge in [-0.3, -0.25) is 0 Å². The molecule has 146 valence electrons. The number of amides is 1. The van der Waals surface area contributed by atoms with Gasteiger partial charge >= 0.3 is 12.1 Å². The summed E-state index contributed by atoms with van der Waals surface area (Å²) in [6, 6.07) is 3.58. The lowest BCUT2D eigenvalue weighted by molar-refractivity contribution is -0.156. The van der Waals surface area contributed by atoms with Gasteiger partial charge in [-0.25, -0.2) is 9.59 Å². The highest BCUT2D eigenvalue weighted by molar-refractivity contribution is 9.10. The van der Waals surface area contributed by atoms with Gasteiger partial charge < -0.3 is 19.5 Å². The Kier molecular flexibility index (Phi) is 6.13. The van der Waals surface area contributed by atoms with Crippen LogP contribution in [0, 0.1) is 6.92 Å². The summed E-state index contributed by atoms with van der Waals surface area (Å²) in [7, 11) is 0. The van der Waals surface area contributed by atoms with Crippen LogP contribution in [0.1, 0.15) is 30.9 Å². The number of carbonyl (C=O) groups excluding carboxylic acids is 2. The molecule has 1 spiro atoms. The van der Waals surface area contributed by atoms with Crippen molar-refractivity contribution in [2.24, 2.45) is 0 Å². The number of nitrogens with one attached hydrogen (secondary N) is 1. The summed E-state index contributed by atoms with van der Waals surface area (Å²) in [6.07, 6.45) is 0.815. The van der Waals surface area contributed by atoms with Gasteiger partial charge in [0.15, 0.2) is 5.60 Å². The van der Waals surface area contributed by atoms with Crippen molar-refractivity contribution in [3.8, 4) is 0 Å². The molecule has 2 heterocycles. The topological polar surface area (TPSA) is 73.9 Å². The Hall–Kier alpha value is -1.57. The second-order valence-corrected chi connectivity index (χ2v) is 7.84. The lowest BCUT2D eigenvalue weighted by atomic mass is 9.85. The van der Waals surface area contributed by atoms with Crippen LogP contribution in [-0.4, -0.2) is 44.0 Å². The predicted octanol–water partition coefficient (Wildman–Crippen LogP) is 4.02. The van der Waals surface area contributed by atoms with Crippen molar-refractivity contribution in [1.82, 2.24) is 5.32 Å². The molecule has 1 unspecified atom stereocenters. The Morgan fingerprint density at radius 2 is 2.22 bits per heavy atom. The Bertz CT molecular complexity index is 802. The molecule has 2 aliphatic rings. The zero-order chi connectivity index (χ0) is 19.6. The number of hydrogen-bond acceptors (Lipinski definition) is 5. The number of esters is 1. The van der Waals surface area contributed by atoms with E-state index >= 15 is 0 Å². The van der Waals surface area contributed by atoms with Crippen molar-refractivity contribution in [3.63, 3.8) is 0 Å². The van der Waals surface area contributed by atoms with Crippen LogP contribution in [0.3, 0.4) is 0 Å². The largest absolute Gasteiger partial charge is 0.448 e. The first kappa shape index (κ1) is 20.2. The van der Waals surface area contributed by atoms with Gasteiger partial charge in [0.25, 0.3) is 0 Å². The van der Waals surface area contributed by atoms with Gasteiger partial charge in [-0.15, -0.1) is 0 Å². The molecule has 0 aliphatic carbocycles. The minimum absolute atomic E-state index is 0.0678. The first-order valence-corrected chi connectivity index (χ1v) is 9.96. The molecular formula is C19H21BrClNO5. The van der Waals surface area contributed by atoms with Crippen LogP contribution in [0.2, 0.25) is 5.02 Å². The van der Waals surface area contributed by atoms with Crippen molar-refractivity contribution < 1.29 is 23.8 Å². The first-order valence-electron chi connectivity index (χ1n) is 8.79. The molecule has 1 N–H and O–H groups in total. The fraction of sp³-hybridized carbons (Fsp3) is 0.474. The highest BCUT2D eigenvalue weighted by Crippen LogP contribution is 2.45. The van der Waals surface area contributed by atoms with E-state index in [4.69, 9.17) is 25.8 Å². The van der Waals surface area contributed by atoms with E-state index in [0.717, 1.165) is 16.5 Å². The third kappa shape index (κ3) is 4.00. The van der Waals surface area contributed by atoms with E-state index < -0.39 is 17.7 Å². The zero-order valence-corrected chi connectivity index (χ0v) is 17.5. The lowest BCUT2D eigenvalue weighted by Gasteiger charge is -2.34. The number of hydrogen-bond donors (Lipinski definition) is 1. The molecule has 1 aromatic carbocycles. The quantitative estimate of drug-likeness (QED) is 0.690. The average Bonchev–Trinajstić information content (AvgIpc) is 2.88. The van der Waals surface area contributed by atoms with E-state index in [9.17, 15) is 9.59 Å². The summed E-state index contributed by atoms with van der Waals surface area (Å²) in [4.78, 5) is 24.6. The van der Waals surface area contributed by atoms with Gasteiger partial charge in [0, 0.05) is 33.8 Å². The number of benzene rings is 1. The summed E-state index contributed by atoms with van der Waals surface area (Å²) in [6.45, 7) is 4.94. The van der Waals surface area contributed by atoms with Gasteiger partial charge in [-0.2, -0.15) is 0 Å². The monoisotopic (exact) mass is 457 g/mol. The van der Waals surface area contributed by atoms with E-state index in [1.165, 1.54) is 0 Å². The minimum atomic E-state index is -0.915. The molecule has 27 heavy (non-hydrogen) atoms. The van der Waals surface area contributed by atoms with Gasteiger partial charge in [0.1, 0.15) is 6.61 Å². The van der Waals surface area contributed by atoms with Crippen molar-refractivity contribution in [1.29, 1.82) is 0 Å². The van der Waals surface area contributed by atoms with Gasteiger partial charge in [0.2, 0.25) is 0 Å². The van der Waals surface area contributed by atoms with Crippen LogP contribution in [0.5, 0.6) is 0 Å². The SMILES string of the molecule is CCNC(=O)OCC1=C(c2cc(C)c(Br)cc2Cl)C(=O)OC12CCCOC2. The van der Waals surface area contributed by atoms with Crippen molar-refractivity contribution >= 4 is 45.2 Å². The second-order valence-electron chi connectivity index (χ2n) is 6.58. The summed E-state index contributed by atoms with van der Waals surface area (Å²) in [5.74, 6) is -0.473. The third-order valence-corrected chi connectivity index (χ3v) is 5.90. The number of aryl methyl sites for hydroxylation is 1. The number of halogens is 2. The highest BCUT2D eigenvalue weighted by Gasteiger charge is 2.50. The van der Waals surface area contributed by atoms with Gasteiger partial charge in [0.05, 0.1) is 12.2 Å². The molecule has 2 aliphatic heterocycles. The van der Waals surface area contributed by atoms with E-state index in [-0.39, 0.29) is 13.2 Å². The van der Waals surface area contributed by atoms with E-state index in [1.54, 1.807) is 13.0 Å². The van der Waals surface area contributed by atoms with Crippen LogP contribution in [0.15, 0.2) is 22.2 Å². The molecule has 1 atom stereocenters. The fourth-order valence-electron chi connectivity index (χ4n) is 3.39. The Labute approximate surface area is 171 Å². The minimum Gasteiger partial charge on any atom is -0.448 e. The maximum absolute atomic E-state index is 12.8. The predicted molar refractivity (Wildman–Crippen MR) is 105 cm³/mol. The molecule has 6 nitrogen and oxygen atoms in total. The number of rotatable bonds is 4. The molecule has 1 amide bonds. The van der Waals surface area contributed by atoms with Crippen LogP contribution >= 0.6 is 27.5 Å². The molecular weight excluding hydrogens is 438 g/mol. The molecule has 0 bridgehead atoms. The summed E-state index contributed by atoms with van der Waals surface area (Å²) >= 11 is 9.87. The lowest BCUT2D eigenvalue weighted by Crippen LogP contribution is -2.42. The maximum atomic E-state index is 12.8. The van der Waals surface area contributed by atoms with Crippen LogP contribution in [-0.2, 0) is 19.0 Å². The molecule has 0 radical (unpaired) electrons. The Morgan fingerprint density at radius 3 is 2.89 bits per heavy atom. The second kappa shape index (κ2) is 8.20. The normalized spacial score (nSPS) is 22.1. The van der Waals surface area contributed by atoms with Crippen molar-refractivity contribution in [2.45, 2.75) is 32.3 Å². The number of ether oxygens (including phenoxy) is 3. The average molecular weight is 459 g/mol. The van der Waals surface area contributed by atoms with Crippen LogP contribution < -0.4 is 5.32 Å². The highest BCUT2D eigenvalue weighted by atomic mass is 79.9. The Morgan fingerprint density at radius 1 is 1.44 bits per heavy atom. The number of carbonyl (C=O) groups is 2. The molecule has 1 fully saturated rings. The molecule has 3 rings (SSSR count). The van der Waals surface area contributed by atoms with E-state index in [1.807, 2.05) is 13.0 Å². The molecule has 0 saturated carbocycles. The number of alkyl carbamates (subject to hydrolysis) is 1.